The third-order valence-corrected chi connectivity index (χ3v) is 5.36. The van der Waals surface area contributed by atoms with Gasteiger partial charge in [0, 0.05) is 44.7 Å². The number of rotatable bonds is 6. The molecule has 0 spiro atoms. The van der Waals surface area contributed by atoms with Gasteiger partial charge in [-0.15, -0.1) is 0 Å². The first-order chi connectivity index (χ1) is 12.8. The number of fused-ring (bicyclic) bond motifs is 1. The molecular weight excluding hydrogens is 328 g/mol. The second-order valence-electron chi connectivity index (χ2n) is 7.48. The summed E-state index contributed by atoms with van der Waals surface area (Å²) in [5.41, 5.74) is 3.31. The lowest BCUT2D eigenvalue weighted by Crippen LogP contribution is -2.41. The lowest BCUT2D eigenvalue weighted by molar-refractivity contribution is 0.0309. The van der Waals surface area contributed by atoms with Gasteiger partial charge in [-0.3, -0.25) is 9.88 Å². The molecule has 26 heavy (non-hydrogen) atoms. The third-order valence-electron chi connectivity index (χ3n) is 5.36. The molecule has 4 rings (SSSR count). The van der Waals surface area contributed by atoms with E-state index in [4.69, 9.17) is 9.47 Å². The van der Waals surface area contributed by atoms with Crippen LogP contribution in [0.4, 0.5) is 0 Å². The van der Waals surface area contributed by atoms with Crippen LogP contribution in [0, 0.1) is 12.8 Å². The van der Waals surface area contributed by atoms with E-state index in [1.807, 2.05) is 37.6 Å². The molecule has 2 aliphatic rings. The summed E-state index contributed by atoms with van der Waals surface area (Å²) in [7, 11) is 0. The Morgan fingerprint density at radius 3 is 3.00 bits per heavy atom. The van der Waals surface area contributed by atoms with Crippen LogP contribution in [0.25, 0.3) is 0 Å². The molecule has 2 aromatic heterocycles. The molecule has 1 saturated heterocycles. The lowest BCUT2D eigenvalue weighted by Gasteiger charge is -2.37. The van der Waals surface area contributed by atoms with Crippen LogP contribution < -0.4 is 0 Å². The van der Waals surface area contributed by atoms with E-state index in [0.717, 1.165) is 50.2 Å². The van der Waals surface area contributed by atoms with Crippen LogP contribution >= 0.6 is 0 Å². The van der Waals surface area contributed by atoms with Crippen molar-refractivity contribution in [2.24, 2.45) is 5.92 Å². The fraction of sp³-hybridized carbons (Fsp3) is 0.600. The van der Waals surface area contributed by atoms with Gasteiger partial charge in [0.25, 0.3) is 0 Å². The first kappa shape index (κ1) is 17.6. The van der Waals surface area contributed by atoms with Crippen molar-refractivity contribution in [3.8, 4) is 0 Å². The number of nitrogens with zero attached hydrogens (tertiary/aromatic N) is 4. The van der Waals surface area contributed by atoms with Crippen LogP contribution in [-0.2, 0) is 22.6 Å². The average molecular weight is 356 g/mol. The van der Waals surface area contributed by atoms with Gasteiger partial charge in [-0.1, -0.05) is 6.07 Å². The Morgan fingerprint density at radius 2 is 2.15 bits per heavy atom. The fourth-order valence-electron chi connectivity index (χ4n) is 4.01. The van der Waals surface area contributed by atoms with Crippen LogP contribution in [0.15, 0.2) is 30.7 Å². The van der Waals surface area contributed by atoms with Gasteiger partial charge in [-0.25, -0.2) is 4.98 Å². The van der Waals surface area contributed by atoms with E-state index in [9.17, 15) is 0 Å². The zero-order valence-electron chi connectivity index (χ0n) is 15.5. The maximum absolute atomic E-state index is 6.02. The zero-order valence-corrected chi connectivity index (χ0v) is 15.5. The summed E-state index contributed by atoms with van der Waals surface area (Å²) in [6, 6.07) is 6.38. The van der Waals surface area contributed by atoms with Crippen LogP contribution in [-0.4, -0.2) is 52.3 Å². The highest BCUT2D eigenvalue weighted by Gasteiger charge is 2.27. The minimum absolute atomic E-state index is 0.311. The summed E-state index contributed by atoms with van der Waals surface area (Å²) in [5.74, 6) is 0.747. The van der Waals surface area contributed by atoms with Gasteiger partial charge in [0.1, 0.15) is 0 Å². The van der Waals surface area contributed by atoms with Gasteiger partial charge in [0.2, 0.25) is 0 Å². The Morgan fingerprint density at radius 1 is 1.27 bits per heavy atom. The Kier molecular flexibility index (Phi) is 5.62. The molecule has 2 aromatic rings. The Bertz CT molecular complexity index is 711. The molecule has 0 aromatic carbocycles. The van der Waals surface area contributed by atoms with Gasteiger partial charge in [0.15, 0.2) is 0 Å². The maximum atomic E-state index is 6.02. The molecule has 0 N–H and O–H groups in total. The molecule has 0 bridgehead atoms. The van der Waals surface area contributed by atoms with E-state index in [1.54, 1.807) is 0 Å². The van der Waals surface area contributed by atoms with E-state index in [2.05, 4.69) is 19.4 Å². The van der Waals surface area contributed by atoms with E-state index in [1.165, 1.54) is 18.5 Å². The molecule has 0 amide bonds. The summed E-state index contributed by atoms with van der Waals surface area (Å²) in [4.78, 5) is 11.4. The molecular formula is C20H28N4O2. The van der Waals surface area contributed by atoms with Gasteiger partial charge < -0.3 is 14.0 Å². The number of ether oxygens (including phenoxy) is 2. The molecule has 140 valence electrons. The van der Waals surface area contributed by atoms with Crippen molar-refractivity contribution in [2.75, 3.05) is 32.9 Å². The van der Waals surface area contributed by atoms with Gasteiger partial charge in [-0.05, 0) is 37.8 Å². The van der Waals surface area contributed by atoms with Crippen LogP contribution in [0.2, 0.25) is 0 Å². The molecule has 0 radical (unpaired) electrons. The third kappa shape index (κ3) is 4.31. The SMILES string of the molecule is Cc1cccc(COC[C@@H]2CN(CC3CCOCC3)Cc3cncn32)n1. The fourth-order valence-corrected chi connectivity index (χ4v) is 4.01. The first-order valence-electron chi connectivity index (χ1n) is 9.59. The van der Waals surface area contributed by atoms with E-state index >= 15 is 0 Å². The minimum Gasteiger partial charge on any atom is -0.381 e. The largest absolute Gasteiger partial charge is 0.381 e. The van der Waals surface area contributed by atoms with Gasteiger partial charge in [-0.2, -0.15) is 0 Å². The van der Waals surface area contributed by atoms with E-state index in [0.29, 0.717) is 19.3 Å². The predicted molar refractivity (Wildman–Crippen MR) is 98.7 cm³/mol. The highest BCUT2D eigenvalue weighted by molar-refractivity contribution is 5.09. The average Bonchev–Trinajstić information content (AvgIpc) is 3.11. The number of imidazole rings is 1. The summed E-state index contributed by atoms with van der Waals surface area (Å²) in [6.07, 6.45) is 6.29. The molecule has 6 nitrogen and oxygen atoms in total. The smallest absolute Gasteiger partial charge is 0.0952 e. The molecule has 4 heterocycles. The van der Waals surface area contributed by atoms with E-state index < -0.39 is 0 Å². The summed E-state index contributed by atoms with van der Waals surface area (Å²) >= 11 is 0. The Balaban J connectivity index is 1.35. The summed E-state index contributed by atoms with van der Waals surface area (Å²) in [5, 5.41) is 0. The molecule has 1 fully saturated rings. The number of aromatic nitrogens is 3. The Labute approximate surface area is 155 Å². The lowest BCUT2D eigenvalue weighted by atomic mass is 9.99. The van der Waals surface area contributed by atoms with Gasteiger partial charge >= 0.3 is 0 Å². The Hall–Kier alpha value is -1.76. The number of hydrogen-bond acceptors (Lipinski definition) is 5. The topological polar surface area (TPSA) is 52.4 Å². The van der Waals surface area contributed by atoms with Crippen molar-refractivity contribution >= 4 is 0 Å². The monoisotopic (exact) mass is 356 g/mol. The number of hydrogen-bond donors (Lipinski definition) is 0. The number of pyridine rings is 1. The van der Waals surface area contributed by atoms with Crippen LogP contribution in [0.1, 0.15) is 36.0 Å². The number of aryl methyl sites for hydroxylation is 1. The van der Waals surface area contributed by atoms with Crippen molar-refractivity contribution < 1.29 is 9.47 Å². The van der Waals surface area contributed by atoms with Crippen molar-refractivity contribution in [1.82, 2.24) is 19.4 Å². The van der Waals surface area contributed by atoms with E-state index in [-0.39, 0.29) is 0 Å². The molecule has 0 saturated carbocycles. The summed E-state index contributed by atoms with van der Waals surface area (Å²) in [6.45, 7) is 8.21. The molecule has 2 aliphatic heterocycles. The highest BCUT2D eigenvalue weighted by Crippen LogP contribution is 2.24. The normalized spacial score (nSPS) is 21.7. The molecule has 1 atom stereocenters. The van der Waals surface area contributed by atoms with Crippen molar-refractivity contribution in [3.05, 3.63) is 47.8 Å². The molecule has 0 unspecified atom stereocenters. The van der Waals surface area contributed by atoms with Crippen molar-refractivity contribution in [1.29, 1.82) is 0 Å². The highest BCUT2D eigenvalue weighted by atomic mass is 16.5. The predicted octanol–water partition coefficient (Wildman–Crippen LogP) is 2.59. The van der Waals surface area contributed by atoms with Gasteiger partial charge in [0.05, 0.1) is 37.0 Å². The first-order valence-corrected chi connectivity index (χ1v) is 9.59. The van der Waals surface area contributed by atoms with Crippen molar-refractivity contribution in [2.45, 2.75) is 39.0 Å². The second kappa shape index (κ2) is 8.29. The van der Waals surface area contributed by atoms with Crippen LogP contribution in [0.5, 0.6) is 0 Å². The molecule has 0 aliphatic carbocycles. The molecule has 6 heteroatoms. The van der Waals surface area contributed by atoms with Crippen molar-refractivity contribution in [3.63, 3.8) is 0 Å². The quantitative estimate of drug-likeness (QED) is 0.796. The summed E-state index contributed by atoms with van der Waals surface area (Å²) < 4.78 is 13.8. The standard InChI is InChI=1S/C20H28N4O2/c1-16-3-2-4-18(22-16)13-26-14-20-12-23(10-17-5-7-25-8-6-17)11-19-9-21-15-24(19)20/h2-4,9,15,17,20H,5-8,10-14H2,1H3/t20-/m0/s1. The van der Waals surface area contributed by atoms with Crippen LogP contribution in [0.3, 0.4) is 0 Å². The minimum atomic E-state index is 0.311. The zero-order chi connectivity index (χ0) is 17.8. The second-order valence-corrected chi connectivity index (χ2v) is 7.48. The maximum Gasteiger partial charge on any atom is 0.0952 e.